The number of carboxylic acids is 1. The summed E-state index contributed by atoms with van der Waals surface area (Å²) < 4.78 is 67.9. The molecule has 1 aromatic heterocycles. The number of rotatable bonds is 14. The van der Waals surface area contributed by atoms with Gasteiger partial charge in [-0.25, -0.2) is 8.78 Å². The van der Waals surface area contributed by atoms with Crippen LogP contribution in [0, 0.1) is 50.2 Å². The standard InChI is InChI=1S/C19H19F2NO3.C16H19F3N2O2.C6H15N/c1-10-5-14(20)6-11(2)18(10)13-4-12(3)19(21)15(7-13)16(22-9-23)8-17(24)25;17-16(18,19)14-3-2-13(10-22)15(23)21(14)5-1-4-20-8-11-6-12(7-11)9-20;1-6(2)4-5-7-3/h4-7,9,16H,8H2,1-3H3,(H,22,23)(H,24,25);2-3,10-12H,1,4-9H2;6-7H,4-5H2,1-3H3. The molecule has 1 saturated carbocycles. The van der Waals surface area contributed by atoms with Crippen molar-refractivity contribution < 1.29 is 41.4 Å². The van der Waals surface area contributed by atoms with Gasteiger partial charge in [-0.2, -0.15) is 13.2 Å². The highest BCUT2D eigenvalue weighted by molar-refractivity contribution is 5.74. The van der Waals surface area contributed by atoms with E-state index >= 15 is 0 Å². The molecule has 1 aliphatic carbocycles. The van der Waals surface area contributed by atoms with Crippen molar-refractivity contribution in [3.63, 3.8) is 0 Å². The number of carbonyl (C=O) groups excluding carboxylic acids is 2. The molecule has 55 heavy (non-hydrogen) atoms. The van der Waals surface area contributed by atoms with E-state index in [0.717, 1.165) is 55.1 Å². The number of hydrogen-bond donors (Lipinski definition) is 3. The van der Waals surface area contributed by atoms with Crippen LogP contribution in [0.3, 0.4) is 0 Å². The number of carboxylic acid groups (broad SMARTS) is 1. The Labute approximate surface area is 319 Å². The Balaban J connectivity index is 0.000000253. The second-order valence-corrected chi connectivity index (χ2v) is 14.9. The third-order valence-electron chi connectivity index (χ3n) is 9.91. The van der Waals surface area contributed by atoms with Gasteiger partial charge in [0, 0.05) is 25.2 Å². The molecule has 3 fully saturated rings. The molecule has 2 bridgehead atoms. The van der Waals surface area contributed by atoms with Crippen LogP contribution in [0.2, 0.25) is 0 Å². The van der Waals surface area contributed by atoms with Crippen LogP contribution >= 0.6 is 0 Å². The number of hydrogen-bond acceptors (Lipinski definition) is 6. The van der Waals surface area contributed by atoms with Crippen molar-refractivity contribution in [2.75, 3.05) is 33.2 Å². The molecule has 0 radical (unpaired) electrons. The maximum absolute atomic E-state index is 14.6. The van der Waals surface area contributed by atoms with Crippen molar-refractivity contribution in [2.24, 2.45) is 17.8 Å². The highest BCUT2D eigenvalue weighted by Crippen LogP contribution is 2.39. The minimum absolute atomic E-state index is 0.0266. The van der Waals surface area contributed by atoms with Crippen molar-refractivity contribution in [1.29, 1.82) is 0 Å². The number of piperidine rings is 2. The smallest absolute Gasteiger partial charge is 0.431 e. The fraction of sp³-hybridized carbons (Fsp3) is 0.512. The number of aliphatic carboxylic acids is 1. The van der Waals surface area contributed by atoms with Gasteiger partial charge < -0.3 is 25.2 Å². The number of carbonyl (C=O) groups is 3. The van der Waals surface area contributed by atoms with Crippen LogP contribution in [0.15, 0.2) is 41.2 Å². The van der Waals surface area contributed by atoms with E-state index < -0.39 is 41.7 Å². The van der Waals surface area contributed by atoms with Crippen molar-refractivity contribution >= 4 is 18.7 Å². The quantitative estimate of drug-likeness (QED) is 0.115. The van der Waals surface area contributed by atoms with Crippen LogP contribution in [-0.4, -0.2) is 66.5 Å². The zero-order valence-electron chi connectivity index (χ0n) is 32.4. The van der Waals surface area contributed by atoms with E-state index in [-0.39, 0.29) is 23.5 Å². The molecule has 3 heterocycles. The number of nitrogens with one attached hydrogen (secondary N) is 2. The van der Waals surface area contributed by atoms with E-state index in [1.807, 2.05) is 7.05 Å². The maximum Gasteiger partial charge on any atom is 0.431 e. The van der Waals surface area contributed by atoms with E-state index in [0.29, 0.717) is 52.5 Å². The van der Waals surface area contributed by atoms with E-state index in [1.165, 1.54) is 37.5 Å². The van der Waals surface area contributed by atoms with Gasteiger partial charge in [-0.05, 0) is 149 Å². The van der Waals surface area contributed by atoms with Gasteiger partial charge in [0.2, 0.25) is 6.41 Å². The Bertz CT molecular complexity index is 1810. The molecule has 2 aliphatic heterocycles. The Hall–Kier alpha value is -4.43. The van der Waals surface area contributed by atoms with Crippen LogP contribution in [0.1, 0.15) is 90.3 Å². The van der Waals surface area contributed by atoms with Crippen LogP contribution in [0.25, 0.3) is 11.1 Å². The number of aldehydes is 1. The van der Waals surface area contributed by atoms with Crippen LogP contribution in [-0.2, 0) is 22.3 Å². The summed E-state index contributed by atoms with van der Waals surface area (Å²) in [6.07, 6.45) is -0.0970. The number of aryl methyl sites for hydroxylation is 3. The van der Waals surface area contributed by atoms with Gasteiger partial charge in [0.1, 0.15) is 17.3 Å². The summed E-state index contributed by atoms with van der Waals surface area (Å²) in [6.45, 7) is 13.4. The maximum atomic E-state index is 14.6. The first-order valence-electron chi connectivity index (χ1n) is 18.5. The molecule has 3 aromatic rings. The van der Waals surface area contributed by atoms with Crippen molar-refractivity contribution in [3.8, 4) is 11.1 Å². The van der Waals surface area contributed by atoms with E-state index in [4.69, 9.17) is 5.11 Å². The fourth-order valence-corrected chi connectivity index (χ4v) is 7.28. The Kier molecular flexibility index (Phi) is 16.7. The zero-order chi connectivity index (χ0) is 41.0. The van der Waals surface area contributed by atoms with E-state index in [9.17, 15) is 41.1 Å². The van der Waals surface area contributed by atoms with E-state index in [1.54, 1.807) is 26.8 Å². The summed E-state index contributed by atoms with van der Waals surface area (Å²) in [5, 5.41) is 14.5. The number of amides is 1. The molecular weight excluding hydrogens is 723 g/mol. The highest BCUT2D eigenvalue weighted by Gasteiger charge is 2.37. The summed E-state index contributed by atoms with van der Waals surface area (Å²) in [5.41, 5.74) is 1.09. The number of fused-ring (bicyclic) bond motifs is 2. The molecule has 3 N–H and O–H groups in total. The molecule has 2 saturated heterocycles. The number of nitrogens with zero attached hydrogens (tertiary/aromatic N) is 2. The summed E-state index contributed by atoms with van der Waals surface area (Å²) in [6, 6.07) is 6.67. The molecule has 2 aromatic carbocycles. The third kappa shape index (κ3) is 12.8. The second-order valence-electron chi connectivity index (χ2n) is 14.9. The average Bonchev–Trinajstić information content (AvgIpc) is 3.08. The predicted octanol–water partition coefficient (Wildman–Crippen LogP) is 7.48. The molecule has 6 rings (SSSR count). The highest BCUT2D eigenvalue weighted by atomic mass is 19.4. The lowest BCUT2D eigenvalue weighted by molar-refractivity contribution is -0.144. The van der Waals surface area contributed by atoms with E-state index in [2.05, 4.69) is 29.4 Å². The molecule has 3 aliphatic rings. The van der Waals surface area contributed by atoms with Crippen LogP contribution in [0.4, 0.5) is 22.0 Å². The summed E-state index contributed by atoms with van der Waals surface area (Å²) >= 11 is 0. The molecule has 302 valence electrons. The fourth-order valence-electron chi connectivity index (χ4n) is 7.28. The molecule has 1 atom stereocenters. The van der Waals surface area contributed by atoms with Crippen molar-refractivity contribution in [2.45, 2.75) is 85.5 Å². The number of halogens is 5. The number of alkyl halides is 3. The van der Waals surface area contributed by atoms with Crippen molar-refractivity contribution in [1.82, 2.24) is 20.1 Å². The minimum atomic E-state index is -4.60. The lowest BCUT2D eigenvalue weighted by Crippen LogP contribution is -2.48. The number of benzene rings is 2. The lowest BCUT2D eigenvalue weighted by atomic mass is 9.71. The topological polar surface area (TPSA) is 121 Å². The summed E-state index contributed by atoms with van der Waals surface area (Å²) in [7, 11) is 1.99. The first kappa shape index (κ1) is 45.0. The largest absolute Gasteiger partial charge is 0.481 e. The van der Waals surface area contributed by atoms with Gasteiger partial charge in [-0.3, -0.25) is 19.2 Å². The third-order valence-corrected chi connectivity index (χ3v) is 9.91. The summed E-state index contributed by atoms with van der Waals surface area (Å²) in [5.74, 6) is 0.232. The molecular formula is C41H53F5N4O5. The predicted molar refractivity (Wildman–Crippen MR) is 202 cm³/mol. The summed E-state index contributed by atoms with van der Waals surface area (Å²) in [4.78, 5) is 46.9. The lowest BCUT2D eigenvalue weighted by Gasteiger charge is -2.47. The van der Waals surface area contributed by atoms with Gasteiger partial charge in [0.15, 0.2) is 6.29 Å². The second kappa shape index (κ2) is 20.5. The molecule has 1 unspecified atom stereocenters. The monoisotopic (exact) mass is 776 g/mol. The van der Waals surface area contributed by atoms with Gasteiger partial charge in [0.25, 0.3) is 5.56 Å². The van der Waals surface area contributed by atoms with Gasteiger partial charge in [-0.15, -0.1) is 0 Å². The van der Waals surface area contributed by atoms with Gasteiger partial charge >= 0.3 is 12.1 Å². The minimum Gasteiger partial charge on any atom is -0.481 e. The van der Waals surface area contributed by atoms with Crippen molar-refractivity contribution in [3.05, 3.63) is 91.9 Å². The average molecular weight is 777 g/mol. The molecule has 14 heteroatoms. The molecule has 0 spiro atoms. The molecule has 1 amide bonds. The first-order valence-corrected chi connectivity index (χ1v) is 18.5. The van der Waals surface area contributed by atoms with Crippen LogP contribution in [0.5, 0.6) is 0 Å². The normalized spacial score (nSPS) is 16.9. The van der Waals surface area contributed by atoms with Gasteiger partial charge in [0.05, 0.1) is 18.0 Å². The first-order chi connectivity index (χ1) is 25.9. The molecule has 9 nitrogen and oxygen atoms in total. The Morgan fingerprint density at radius 2 is 1.58 bits per heavy atom. The zero-order valence-corrected chi connectivity index (χ0v) is 32.4. The SMILES string of the molecule is CNCCC(C)C.Cc1cc(-c2c(C)cc(F)cc2C)cc(C(CC(=O)O)NC=O)c1F.O=Cc1ccc(C(F)(F)F)n(CCCN2CC3CC(C3)C2)c1=O. The number of aromatic nitrogens is 1. The van der Waals surface area contributed by atoms with Gasteiger partial charge in [-0.1, -0.05) is 13.8 Å². The number of pyridine rings is 1. The Morgan fingerprint density at radius 1 is 0.964 bits per heavy atom. The van der Waals surface area contributed by atoms with Crippen LogP contribution < -0.4 is 16.2 Å². The Morgan fingerprint density at radius 3 is 2.07 bits per heavy atom.